The number of nitrogens with two attached hydrogens (primary N) is 1. The Bertz CT molecular complexity index is 840. The molecule has 3 rings (SSSR count). The normalized spacial score (nSPS) is 14.2. The molecule has 0 saturated carbocycles. The lowest BCUT2D eigenvalue weighted by Crippen LogP contribution is -2.49. The van der Waals surface area contributed by atoms with Crippen molar-refractivity contribution in [2.24, 2.45) is 5.73 Å². The zero-order valence-electron chi connectivity index (χ0n) is 13.9. The van der Waals surface area contributed by atoms with E-state index in [1.807, 2.05) is 12.1 Å². The number of para-hydroxylation sites is 1. The summed E-state index contributed by atoms with van der Waals surface area (Å²) >= 11 is 11.3. The minimum atomic E-state index is -0.506. The van der Waals surface area contributed by atoms with Crippen LogP contribution in [-0.2, 0) is 0 Å². The Kier molecular flexibility index (Phi) is 5.58. The summed E-state index contributed by atoms with van der Waals surface area (Å²) in [6, 6.07) is 11.5. The van der Waals surface area contributed by atoms with Gasteiger partial charge >= 0.3 is 0 Å². The smallest absolute Gasteiger partial charge is 0.256 e. The van der Waals surface area contributed by atoms with Gasteiger partial charge in [-0.3, -0.25) is 4.79 Å². The van der Waals surface area contributed by atoms with E-state index in [1.54, 1.807) is 23.1 Å². The third kappa shape index (κ3) is 3.89. The van der Waals surface area contributed by atoms with Crippen LogP contribution in [-0.4, -0.2) is 42.1 Å². The Labute approximate surface area is 161 Å². The molecule has 1 saturated heterocycles. The molecule has 1 aliphatic heterocycles. The van der Waals surface area contributed by atoms with Gasteiger partial charge in [0.15, 0.2) is 5.11 Å². The van der Waals surface area contributed by atoms with Gasteiger partial charge in [-0.15, -0.1) is 0 Å². The van der Waals surface area contributed by atoms with Gasteiger partial charge in [-0.25, -0.2) is 4.39 Å². The summed E-state index contributed by atoms with van der Waals surface area (Å²) in [6.07, 6.45) is 0. The highest BCUT2D eigenvalue weighted by Crippen LogP contribution is 2.34. The molecule has 0 unspecified atom stereocenters. The Balaban J connectivity index is 1.74. The van der Waals surface area contributed by atoms with E-state index in [-0.39, 0.29) is 16.6 Å². The number of carbonyl (C=O) groups is 1. The molecule has 2 aromatic rings. The first-order chi connectivity index (χ1) is 12.5. The van der Waals surface area contributed by atoms with E-state index < -0.39 is 5.82 Å². The number of anilines is 2. The molecule has 1 aliphatic rings. The summed E-state index contributed by atoms with van der Waals surface area (Å²) in [4.78, 5) is 16.2. The number of benzene rings is 2. The molecule has 2 aromatic carbocycles. The van der Waals surface area contributed by atoms with Crippen molar-refractivity contribution in [1.82, 2.24) is 4.90 Å². The quantitative estimate of drug-likeness (QED) is 0.786. The number of nitrogens with zero attached hydrogens (tertiary/aromatic N) is 2. The maximum Gasteiger partial charge on any atom is 0.256 e. The predicted molar refractivity (Wildman–Crippen MR) is 106 cm³/mol. The van der Waals surface area contributed by atoms with Crippen LogP contribution in [0.4, 0.5) is 15.8 Å². The molecule has 1 amide bonds. The van der Waals surface area contributed by atoms with Crippen molar-refractivity contribution in [3.63, 3.8) is 0 Å². The van der Waals surface area contributed by atoms with Crippen molar-refractivity contribution in [2.45, 2.75) is 0 Å². The van der Waals surface area contributed by atoms with E-state index >= 15 is 0 Å². The fraction of sp³-hybridized carbons (Fsp3) is 0.222. The number of rotatable bonds is 3. The van der Waals surface area contributed by atoms with E-state index in [9.17, 15) is 9.18 Å². The van der Waals surface area contributed by atoms with Gasteiger partial charge in [0.1, 0.15) is 5.82 Å². The second-order valence-corrected chi connectivity index (χ2v) is 6.73. The van der Waals surface area contributed by atoms with Crippen LogP contribution < -0.4 is 16.0 Å². The monoisotopic (exact) mass is 392 g/mol. The number of piperazine rings is 1. The first-order valence-corrected chi connectivity index (χ1v) is 8.89. The van der Waals surface area contributed by atoms with E-state index in [0.717, 1.165) is 11.4 Å². The van der Waals surface area contributed by atoms with Gasteiger partial charge in [0.2, 0.25) is 0 Å². The highest BCUT2D eigenvalue weighted by Gasteiger charge is 2.26. The SMILES string of the molecule is NC(=S)Nc1cccc(Cl)c1N1CCN(C(=O)c2ccccc2F)CC1. The van der Waals surface area contributed by atoms with Crippen molar-refractivity contribution in [2.75, 3.05) is 36.4 Å². The summed E-state index contributed by atoms with van der Waals surface area (Å²) in [7, 11) is 0. The second-order valence-electron chi connectivity index (χ2n) is 5.88. The minimum Gasteiger partial charge on any atom is -0.376 e. The molecular weight excluding hydrogens is 375 g/mol. The van der Waals surface area contributed by atoms with Gasteiger partial charge in [-0.1, -0.05) is 29.8 Å². The Morgan fingerprint density at radius 2 is 1.81 bits per heavy atom. The first-order valence-electron chi connectivity index (χ1n) is 8.11. The summed E-state index contributed by atoms with van der Waals surface area (Å²) < 4.78 is 13.9. The van der Waals surface area contributed by atoms with E-state index in [2.05, 4.69) is 10.2 Å². The number of thiocarbonyl (C=S) groups is 1. The molecular formula is C18H18ClFN4OS. The number of amides is 1. The molecule has 0 aromatic heterocycles. The third-order valence-electron chi connectivity index (χ3n) is 4.23. The summed E-state index contributed by atoms with van der Waals surface area (Å²) in [5, 5.41) is 3.66. The van der Waals surface area contributed by atoms with Crippen molar-refractivity contribution < 1.29 is 9.18 Å². The maximum atomic E-state index is 13.9. The largest absolute Gasteiger partial charge is 0.376 e. The van der Waals surface area contributed by atoms with Gasteiger partial charge in [0, 0.05) is 26.2 Å². The molecule has 1 fully saturated rings. The molecule has 5 nitrogen and oxygen atoms in total. The Morgan fingerprint density at radius 1 is 1.12 bits per heavy atom. The Hall–Kier alpha value is -2.38. The fourth-order valence-electron chi connectivity index (χ4n) is 3.01. The molecule has 136 valence electrons. The van der Waals surface area contributed by atoms with Crippen molar-refractivity contribution >= 4 is 46.2 Å². The third-order valence-corrected chi connectivity index (χ3v) is 4.64. The number of hydrogen-bond acceptors (Lipinski definition) is 3. The fourth-order valence-corrected chi connectivity index (χ4v) is 3.41. The number of carbonyl (C=O) groups excluding carboxylic acids is 1. The van der Waals surface area contributed by atoms with Crippen molar-refractivity contribution in [3.8, 4) is 0 Å². The van der Waals surface area contributed by atoms with E-state index in [1.165, 1.54) is 12.1 Å². The van der Waals surface area contributed by atoms with Gasteiger partial charge < -0.3 is 20.9 Å². The lowest BCUT2D eigenvalue weighted by molar-refractivity contribution is 0.0742. The molecule has 3 N–H and O–H groups in total. The molecule has 0 spiro atoms. The van der Waals surface area contributed by atoms with E-state index in [4.69, 9.17) is 29.6 Å². The standard InChI is InChI=1S/C18H18ClFN4OS/c19-13-5-3-7-15(22-18(21)26)16(13)23-8-10-24(11-9-23)17(25)12-4-1-2-6-14(12)20/h1-7H,8-11H2,(H3,21,22,26). The second kappa shape index (κ2) is 7.88. The number of nitrogens with one attached hydrogen (secondary N) is 1. The molecule has 8 heteroatoms. The van der Waals surface area contributed by atoms with Gasteiger partial charge in [-0.2, -0.15) is 0 Å². The Morgan fingerprint density at radius 3 is 2.46 bits per heavy atom. The predicted octanol–water partition coefficient (Wildman–Crippen LogP) is 3.10. The highest BCUT2D eigenvalue weighted by atomic mass is 35.5. The summed E-state index contributed by atoms with van der Waals surface area (Å²) in [5.41, 5.74) is 7.19. The zero-order valence-corrected chi connectivity index (χ0v) is 15.5. The lowest BCUT2D eigenvalue weighted by atomic mass is 10.1. The van der Waals surface area contributed by atoms with Gasteiger partial charge in [-0.05, 0) is 36.5 Å². The summed E-state index contributed by atoms with van der Waals surface area (Å²) in [6.45, 7) is 2.06. The summed E-state index contributed by atoms with van der Waals surface area (Å²) in [5.74, 6) is -0.808. The molecule has 0 bridgehead atoms. The van der Waals surface area contributed by atoms with Crippen molar-refractivity contribution in [3.05, 3.63) is 58.9 Å². The number of hydrogen-bond donors (Lipinski definition) is 2. The zero-order chi connectivity index (χ0) is 18.7. The topological polar surface area (TPSA) is 61.6 Å². The van der Waals surface area contributed by atoms with Crippen LogP contribution in [0.2, 0.25) is 5.02 Å². The molecule has 0 atom stereocenters. The van der Waals surface area contributed by atoms with Crippen LogP contribution in [0.1, 0.15) is 10.4 Å². The maximum absolute atomic E-state index is 13.9. The van der Waals surface area contributed by atoms with Crippen LogP contribution in [0.25, 0.3) is 0 Å². The van der Waals surface area contributed by atoms with Crippen LogP contribution in [0.5, 0.6) is 0 Å². The highest BCUT2D eigenvalue weighted by molar-refractivity contribution is 7.80. The molecule has 1 heterocycles. The molecule has 26 heavy (non-hydrogen) atoms. The van der Waals surface area contributed by atoms with Crippen LogP contribution in [0, 0.1) is 5.82 Å². The first kappa shape index (κ1) is 18.4. The molecule has 0 radical (unpaired) electrons. The van der Waals surface area contributed by atoms with Crippen LogP contribution >= 0.6 is 23.8 Å². The minimum absolute atomic E-state index is 0.0922. The average Bonchev–Trinajstić information content (AvgIpc) is 2.61. The lowest BCUT2D eigenvalue weighted by Gasteiger charge is -2.37. The number of halogens is 2. The average molecular weight is 393 g/mol. The van der Waals surface area contributed by atoms with Gasteiger partial charge in [0.05, 0.1) is 22.0 Å². The van der Waals surface area contributed by atoms with Crippen LogP contribution in [0.15, 0.2) is 42.5 Å². The van der Waals surface area contributed by atoms with Gasteiger partial charge in [0.25, 0.3) is 5.91 Å². The van der Waals surface area contributed by atoms with E-state index in [0.29, 0.717) is 31.2 Å². The van der Waals surface area contributed by atoms with Crippen LogP contribution in [0.3, 0.4) is 0 Å². The molecule has 0 aliphatic carbocycles. The van der Waals surface area contributed by atoms with Crippen molar-refractivity contribution in [1.29, 1.82) is 0 Å².